The van der Waals surface area contributed by atoms with Crippen LogP contribution in [0.15, 0.2) is 41.4 Å². The monoisotopic (exact) mass is 542 g/mol. The Morgan fingerprint density at radius 3 is 2.41 bits per heavy atom. The van der Waals surface area contributed by atoms with E-state index in [9.17, 15) is 21.6 Å². The summed E-state index contributed by atoms with van der Waals surface area (Å²) in [5.74, 6) is -1.72. The smallest absolute Gasteiger partial charge is 0.234 e. The van der Waals surface area contributed by atoms with Crippen LogP contribution in [0.2, 0.25) is 0 Å². The SMILES string of the molecule is CN=C(NCCS(=O)(=O)Nc1ccc(C)c(F)c1)NCc1cc(F)ccc1F.I. The molecule has 2 aromatic rings. The summed E-state index contributed by atoms with van der Waals surface area (Å²) < 4.78 is 66.8. The third kappa shape index (κ3) is 8.09. The molecule has 0 radical (unpaired) electrons. The Bertz CT molecular complexity index is 972. The molecule has 0 spiro atoms. The number of sulfonamides is 1. The molecule has 0 saturated carbocycles. The summed E-state index contributed by atoms with van der Waals surface area (Å²) in [6.45, 7) is 1.54. The molecule has 0 heterocycles. The number of hydrogen-bond donors (Lipinski definition) is 3. The fraction of sp³-hybridized carbons (Fsp3) is 0.278. The maximum absolute atomic E-state index is 13.6. The van der Waals surface area contributed by atoms with Gasteiger partial charge in [0.15, 0.2) is 5.96 Å². The van der Waals surface area contributed by atoms with Gasteiger partial charge in [-0.1, -0.05) is 6.07 Å². The second-order valence-electron chi connectivity index (χ2n) is 5.97. The molecule has 0 atom stereocenters. The fourth-order valence-electron chi connectivity index (χ4n) is 2.27. The van der Waals surface area contributed by atoms with E-state index in [4.69, 9.17) is 0 Å². The maximum Gasteiger partial charge on any atom is 0.234 e. The number of rotatable bonds is 7. The van der Waals surface area contributed by atoms with Crippen LogP contribution >= 0.6 is 24.0 Å². The van der Waals surface area contributed by atoms with Crippen LogP contribution in [0.25, 0.3) is 0 Å². The van der Waals surface area contributed by atoms with Crippen molar-refractivity contribution in [1.82, 2.24) is 10.6 Å². The Balaban J connectivity index is 0.00000420. The number of halogens is 4. The molecule has 0 bridgehead atoms. The molecule has 0 saturated heterocycles. The zero-order chi connectivity index (χ0) is 20.7. The van der Waals surface area contributed by atoms with Gasteiger partial charge in [-0.3, -0.25) is 9.71 Å². The van der Waals surface area contributed by atoms with Crippen LogP contribution in [0, 0.1) is 24.4 Å². The van der Waals surface area contributed by atoms with Gasteiger partial charge in [-0.05, 0) is 42.8 Å². The molecule has 2 rings (SSSR count). The van der Waals surface area contributed by atoms with E-state index in [1.807, 2.05) is 0 Å². The average molecular weight is 542 g/mol. The van der Waals surface area contributed by atoms with Crippen molar-refractivity contribution in [3.8, 4) is 0 Å². The van der Waals surface area contributed by atoms with Crippen molar-refractivity contribution >= 4 is 45.6 Å². The fourth-order valence-corrected chi connectivity index (χ4v) is 3.23. The van der Waals surface area contributed by atoms with Gasteiger partial charge < -0.3 is 10.6 Å². The van der Waals surface area contributed by atoms with Gasteiger partial charge in [0.05, 0.1) is 11.4 Å². The van der Waals surface area contributed by atoms with Gasteiger partial charge in [0.25, 0.3) is 0 Å². The highest BCUT2D eigenvalue weighted by Gasteiger charge is 2.12. The predicted octanol–water partition coefficient (Wildman–Crippen LogP) is 3.14. The number of guanidine groups is 1. The molecule has 0 unspecified atom stereocenters. The lowest BCUT2D eigenvalue weighted by Gasteiger charge is -2.13. The molecule has 0 fully saturated rings. The first kappa shape index (κ1) is 25.0. The van der Waals surface area contributed by atoms with Crippen LogP contribution in [0.3, 0.4) is 0 Å². The molecule has 0 aromatic heterocycles. The number of nitrogens with zero attached hydrogens (tertiary/aromatic N) is 1. The van der Waals surface area contributed by atoms with Gasteiger partial charge >= 0.3 is 0 Å². The van der Waals surface area contributed by atoms with Crippen LogP contribution in [-0.4, -0.2) is 33.7 Å². The molecular formula is C18H22F3IN4O2S. The van der Waals surface area contributed by atoms with Crippen LogP contribution in [0.1, 0.15) is 11.1 Å². The Morgan fingerprint density at radius 1 is 1.03 bits per heavy atom. The summed E-state index contributed by atoms with van der Waals surface area (Å²) in [6.07, 6.45) is 0. The van der Waals surface area contributed by atoms with Crippen LogP contribution in [0.4, 0.5) is 18.9 Å². The zero-order valence-corrected chi connectivity index (χ0v) is 18.9. The molecule has 160 valence electrons. The normalized spacial score (nSPS) is 11.6. The molecule has 0 amide bonds. The average Bonchev–Trinajstić information content (AvgIpc) is 2.63. The van der Waals surface area contributed by atoms with Gasteiger partial charge in [0.1, 0.15) is 17.5 Å². The lowest BCUT2D eigenvalue weighted by Crippen LogP contribution is -2.40. The van der Waals surface area contributed by atoms with Crippen molar-refractivity contribution in [3.63, 3.8) is 0 Å². The molecule has 2 aromatic carbocycles. The van der Waals surface area contributed by atoms with Crippen molar-refractivity contribution in [2.24, 2.45) is 4.99 Å². The second kappa shape index (κ2) is 11.2. The van der Waals surface area contributed by atoms with Crippen LogP contribution in [0.5, 0.6) is 0 Å². The van der Waals surface area contributed by atoms with Gasteiger partial charge in [-0.15, -0.1) is 24.0 Å². The molecule has 0 aliphatic carbocycles. The van der Waals surface area contributed by atoms with Gasteiger partial charge in [-0.25, -0.2) is 21.6 Å². The number of anilines is 1. The minimum atomic E-state index is -3.72. The Kier molecular flexibility index (Phi) is 9.70. The first-order chi connectivity index (χ1) is 13.2. The standard InChI is InChI=1S/C18H21F3N4O2S.HI/c1-12-3-5-15(10-17(12)21)25-28(26,27)8-7-23-18(22-2)24-11-13-9-14(19)4-6-16(13)20;/h3-6,9-10,25H,7-8,11H2,1-2H3,(H2,22,23,24);1H. The minimum absolute atomic E-state index is 0. The highest BCUT2D eigenvalue weighted by molar-refractivity contribution is 14.0. The summed E-state index contributed by atoms with van der Waals surface area (Å²) >= 11 is 0. The quantitative estimate of drug-likeness (QED) is 0.286. The summed E-state index contributed by atoms with van der Waals surface area (Å²) in [5, 5.41) is 5.54. The van der Waals surface area contributed by atoms with E-state index < -0.39 is 27.5 Å². The number of aryl methyl sites for hydroxylation is 1. The van der Waals surface area contributed by atoms with E-state index >= 15 is 0 Å². The van der Waals surface area contributed by atoms with Crippen molar-refractivity contribution in [1.29, 1.82) is 0 Å². The van der Waals surface area contributed by atoms with Gasteiger partial charge in [0.2, 0.25) is 10.0 Å². The van der Waals surface area contributed by atoms with E-state index in [-0.39, 0.29) is 60.0 Å². The van der Waals surface area contributed by atoms with Crippen molar-refractivity contribution in [3.05, 3.63) is 65.0 Å². The Hall–Kier alpha value is -2.02. The summed E-state index contributed by atoms with van der Waals surface area (Å²) in [4.78, 5) is 3.89. The summed E-state index contributed by atoms with van der Waals surface area (Å²) in [7, 11) is -2.26. The Labute approximate surface area is 185 Å². The topological polar surface area (TPSA) is 82.6 Å². The lowest BCUT2D eigenvalue weighted by molar-refractivity contribution is 0.581. The Morgan fingerprint density at radius 2 is 1.76 bits per heavy atom. The van der Waals surface area contributed by atoms with Gasteiger partial charge in [0, 0.05) is 25.7 Å². The lowest BCUT2D eigenvalue weighted by atomic mass is 10.2. The third-order valence-electron chi connectivity index (χ3n) is 3.79. The van der Waals surface area contributed by atoms with E-state index in [1.165, 1.54) is 19.2 Å². The molecule has 0 aliphatic heterocycles. The first-order valence-electron chi connectivity index (χ1n) is 8.35. The number of benzene rings is 2. The minimum Gasteiger partial charge on any atom is -0.355 e. The molecular weight excluding hydrogens is 520 g/mol. The molecule has 29 heavy (non-hydrogen) atoms. The van der Waals surface area contributed by atoms with Crippen LogP contribution in [-0.2, 0) is 16.6 Å². The first-order valence-corrected chi connectivity index (χ1v) is 10.0. The number of hydrogen-bond acceptors (Lipinski definition) is 3. The second-order valence-corrected chi connectivity index (χ2v) is 7.82. The highest BCUT2D eigenvalue weighted by Crippen LogP contribution is 2.15. The van der Waals surface area contributed by atoms with E-state index in [2.05, 4.69) is 20.3 Å². The van der Waals surface area contributed by atoms with Gasteiger partial charge in [-0.2, -0.15) is 0 Å². The number of nitrogens with one attached hydrogen (secondary N) is 3. The maximum atomic E-state index is 13.6. The van der Waals surface area contributed by atoms with E-state index in [1.54, 1.807) is 6.92 Å². The number of aliphatic imine (C=N–C) groups is 1. The van der Waals surface area contributed by atoms with Crippen molar-refractivity contribution in [2.45, 2.75) is 13.5 Å². The molecule has 0 aliphatic rings. The van der Waals surface area contributed by atoms with E-state index in [0.717, 1.165) is 24.3 Å². The predicted molar refractivity (Wildman–Crippen MR) is 119 cm³/mol. The highest BCUT2D eigenvalue weighted by atomic mass is 127. The molecule has 11 heteroatoms. The van der Waals surface area contributed by atoms with E-state index in [0.29, 0.717) is 5.56 Å². The molecule has 3 N–H and O–H groups in total. The summed E-state index contributed by atoms with van der Waals surface area (Å²) in [6, 6.07) is 7.15. The third-order valence-corrected chi connectivity index (χ3v) is 5.07. The zero-order valence-electron chi connectivity index (χ0n) is 15.8. The summed E-state index contributed by atoms with van der Waals surface area (Å²) in [5.41, 5.74) is 0.653. The molecule has 6 nitrogen and oxygen atoms in total. The van der Waals surface area contributed by atoms with Crippen LogP contribution < -0.4 is 15.4 Å². The van der Waals surface area contributed by atoms with Crippen molar-refractivity contribution < 1.29 is 21.6 Å². The van der Waals surface area contributed by atoms with Crippen molar-refractivity contribution in [2.75, 3.05) is 24.1 Å². The largest absolute Gasteiger partial charge is 0.355 e.